The largest absolute Gasteiger partial charge is 0.425 e. The van der Waals surface area contributed by atoms with Gasteiger partial charge in [-0.1, -0.05) is 36.8 Å². The summed E-state index contributed by atoms with van der Waals surface area (Å²) in [5.74, 6) is 1.40. The maximum atomic E-state index is 5.64. The summed E-state index contributed by atoms with van der Waals surface area (Å²) >= 11 is 0. The Balaban J connectivity index is 1.85. The SMILES string of the molecule is CCCNCCc1nnc(Cc2ccc(C)cc2)o1. The zero-order valence-electron chi connectivity index (χ0n) is 11.6. The van der Waals surface area contributed by atoms with Crippen molar-refractivity contribution in [1.29, 1.82) is 0 Å². The first-order valence-corrected chi connectivity index (χ1v) is 6.85. The molecule has 0 unspecified atom stereocenters. The summed E-state index contributed by atoms with van der Waals surface area (Å²) in [5, 5.41) is 11.5. The molecule has 4 heteroatoms. The monoisotopic (exact) mass is 259 g/mol. The van der Waals surface area contributed by atoms with E-state index in [1.165, 1.54) is 11.1 Å². The van der Waals surface area contributed by atoms with Crippen molar-refractivity contribution < 1.29 is 4.42 Å². The molecule has 0 aliphatic rings. The van der Waals surface area contributed by atoms with E-state index in [1.807, 2.05) is 0 Å². The van der Waals surface area contributed by atoms with E-state index in [2.05, 4.69) is 53.6 Å². The van der Waals surface area contributed by atoms with Gasteiger partial charge in [0.2, 0.25) is 11.8 Å². The fraction of sp³-hybridized carbons (Fsp3) is 0.467. The van der Waals surface area contributed by atoms with Gasteiger partial charge in [0.1, 0.15) is 0 Å². The zero-order chi connectivity index (χ0) is 13.5. The molecule has 4 nitrogen and oxygen atoms in total. The van der Waals surface area contributed by atoms with Crippen LogP contribution in [0.25, 0.3) is 0 Å². The molecule has 102 valence electrons. The van der Waals surface area contributed by atoms with Crippen LogP contribution in [0.5, 0.6) is 0 Å². The summed E-state index contributed by atoms with van der Waals surface area (Å²) in [6, 6.07) is 8.40. The van der Waals surface area contributed by atoms with Crippen molar-refractivity contribution in [1.82, 2.24) is 15.5 Å². The number of rotatable bonds is 7. The standard InChI is InChI=1S/C15H21N3O/c1-3-9-16-10-8-14-17-18-15(19-14)11-13-6-4-12(2)5-7-13/h4-7,16H,3,8-11H2,1-2H3. The highest BCUT2D eigenvalue weighted by Gasteiger charge is 2.06. The minimum absolute atomic E-state index is 0.689. The second-order valence-electron chi connectivity index (χ2n) is 4.75. The maximum absolute atomic E-state index is 5.64. The summed E-state index contributed by atoms with van der Waals surface area (Å²) in [6.45, 7) is 6.15. The average Bonchev–Trinajstić information content (AvgIpc) is 2.85. The minimum atomic E-state index is 0.689. The highest BCUT2D eigenvalue weighted by atomic mass is 16.4. The van der Waals surface area contributed by atoms with Crippen LogP contribution in [0.4, 0.5) is 0 Å². The second-order valence-corrected chi connectivity index (χ2v) is 4.75. The van der Waals surface area contributed by atoms with Gasteiger partial charge in [-0.2, -0.15) is 0 Å². The Kier molecular flexibility index (Phi) is 5.10. The number of hydrogen-bond acceptors (Lipinski definition) is 4. The Labute approximate surface area is 114 Å². The maximum Gasteiger partial charge on any atom is 0.220 e. The van der Waals surface area contributed by atoms with E-state index in [4.69, 9.17) is 4.42 Å². The molecule has 0 saturated heterocycles. The van der Waals surface area contributed by atoms with Gasteiger partial charge in [0.25, 0.3) is 0 Å². The highest BCUT2D eigenvalue weighted by molar-refractivity contribution is 5.23. The molecule has 0 spiro atoms. The van der Waals surface area contributed by atoms with Crippen LogP contribution in [0.15, 0.2) is 28.7 Å². The van der Waals surface area contributed by atoms with Crippen LogP contribution in [-0.4, -0.2) is 23.3 Å². The number of nitrogens with one attached hydrogen (secondary N) is 1. The van der Waals surface area contributed by atoms with Crippen molar-refractivity contribution >= 4 is 0 Å². The number of nitrogens with zero attached hydrogens (tertiary/aromatic N) is 2. The summed E-state index contributed by atoms with van der Waals surface area (Å²) in [4.78, 5) is 0. The van der Waals surface area contributed by atoms with E-state index in [0.717, 1.165) is 25.9 Å². The molecule has 1 aromatic carbocycles. The van der Waals surface area contributed by atoms with Gasteiger partial charge in [0.15, 0.2) is 0 Å². The van der Waals surface area contributed by atoms with Crippen LogP contribution in [0, 0.1) is 6.92 Å². The molecule has 0 fully saturated rings. The molecule has 0 atom stereocenters. The fourth-order valence-corrected chi connectivity index (χ4v) is 1.84. The summed E-state index contributed by atoms with van der Waals surface area (Å²) in [7, 11) is 0. The van der Waals surface area contributed by atoms with E-state index < -0.39 is 0 Å². The van der Waals surface area contributed by atoms with Gasteiger partial charge in [-0.05, 0) is 25.5 Å². The predicted octanol–water partition coefficient (Wildman–Crippen LogP) is 2.51. The molecule has 1 N–H and O–H groups in total. The van der Waals surface area contributed by atoms with Crippen LogP contribution in [0.3, 0.4) is 0 Å². The molecule has 0 aliphatic carbocycles. The molecule has 0 bridgehead atoms. The third-order valence-electron chi connectivity index (χ3n) is 2.93. The molecule has 19 heavy (non-hydrogen) atoms. The van der Waals surface area contributed by atoms with Crippen molar-refractivity contribution in [3.8, 4) is 0 Å². The quantitative estimate of drug-likeness (QED) is 0.776. The summed E-state index contributed by atoms with van der Waals surface area (Å²) < 4.78 is 5.64. The van der Waals surface area contributed by atoms with Crippen molar-refractivity contribution in [2.24, 2.45) is 0 Å². The van der Waals surface area contributed by atoms with Crippen molar-refractivity contribution in [2.75, 3.05) is 13.1 Å². The van der Waals surface area contributed by atoms with Crippen LogP contribution >= 0.6 is 0 Å². The van der Waals surface area contributed by atoms with Gasteiger partial charge in [0.05, 0.1) is 6.42 Å². The zero-order valence-corrected chi connectivity index (χ0v) is 11.6. The first-order valence-electron chi connectivity index (χ1n) is 6.85. The van der Waals surface area contributed by atoms with Crippen LogP contribution < -0.4 is 5.32 Å². The van der Waals surface area contributed by atoms with Crippen LogP contribution in [-0.2, 0) is 12.8 Å². The van der Waals surface area contributed by atoms with Gasteiger partial charge >= 0.3 is 0 Å². The van der Waals surface area contributed by atoms with Crippen LogP contribution in [0.2, 0.25) is 0 Å². The lowest BCUT2D eigenvalue weighted by molar-refractivity contribution is 0.451. The number of aryl methyl sites for hydroxylation is 1. The molecular formula is C15H21N3O. The summed E-state index contributed by atoms with van der Waals surface area (Å²) in [5.41, 5.74) is 2.46. The Bertz CT molecular complexity index is 490. The molecule has 0 aliphatic heterocycles. The summed E-state index contributed by atoms with van der Waals surface area (Å²) in [6.07, 6.45) is 2.64. The average molecular weight is 259 g/mol. The minimum Gasteiger partial charge on any atom is -0.425 e. The fourth-order valence-electron chi connectivity index (χ4n) is 1.84. The first kappa shape index (κ1) is 13.7. The lowest BCUT2D eigenvalue weighted by Gasteiger charge is -1.99. The Morgan fingerprint density at radius 3 is 2.53 bits per heavy atom. The number of benzene rings is 1. The first-order chi connectivity index (χ1) is 9.28. The van der Waals surface area contributed by atoms with E-state index in [0.29, 0.717) is 18.2 Å². The van der Waals surface area contributed by atoms with Crippen molar-refractivity contribution in [3.63, 3.8) is 0 Å². The van der Waals surface area contributed by atoms with Crippen molar-refractivity contribution in [3.05, 3.63) is 47.2 Å². The van der Waals surface area contributed by atoms with Gasteiger partial charge < -0.3 is 9.73 Å². The van der Waals surface area contributed by atoms with E-state index in [9.17, 15) is 0 Å². The number of hydrogen-bond donors (Lipinski definition) is 1. The Morgan fingerprint density at radius 2 is 1.79 bits per heavy atom. The number of aromatic nitrogens is 2. The van der Waals surface area contributed by atoms with Crippen LogP contribution in [0.1, 0.15) is 36.3 Å². The molecule has 1 heterocycles. The predicted molar refractivity (Wildman–Crippen MR) is 75.1 cm³/mol. The van der Waals surface area contributed by atoms with Gasteiger partial charge in [-0.15, -0.1) is 10.2 Å². The second kappa shape index (κ2) is 7.04. The molecule has 0 saturated carbocycles. The molecular weight excluding hydrogens is 238 g/mol. The van der Waals surface area contributed by atoms with E-state index >= 15 is 0 Å². The normalized spacial score (nSPS) is 10.8. The molecule has 2 rings (SSSR count). The van der Waals surface area contributed by atoms with Gasteiger partial charge in [-0.3, -0.25) is 0 Å². The van der Waals surface area contributed by atoms with Crippen molar-refractivity contribution in [2.45, 2.75) is 33.1 Å². The van der Waals surface area contributed by atoms with E-state index in [-0.39, 0.29) is 0 Å². The van der Waals surface area contributed by atoms with Gasteiger partial charge in [0, 0.05) is 13.0 Å². The Hall–Kier alpha value is -1.68. The third kappa shape index (κ3) is 4.48. The molecule has 2 aromatic rings. The lowest BCUT2D eigenvalue weighted by atomic mass is 10.1. The highest BCUT2D eigenvalue weighted by Crippen LogP contribution is 2.10. The Morgan fingerprint density at radius 1 is 1.05 bits per heavy atom. The molecule has 0 amide bonds. The van der Waals surface area contributed by atoms with E-state index in [1.54, 1.807) is 0 Å². The lowest BCUT2D eigenvalue weighted by Crippen LogP contribution is -2.17. The topological polar surface area (TPSA) is 51.0 Å². The molecule has 0 radical (unpaired) electrons. The van der Waals surface area contributed by atoms with Gasteiger partial charge in [-0.25, -0.2) is 0 Å². The molecule has 1 aromatic heterocycles. The smallest absolute Gasteiger partial charge is 0.220 e. The third-order valence-corrected chi connectivity index (χ3v) is 2.93.